The maximum absolute atomic E-state index is 4.59. The first-order chi connectivity index (χ1) is 22.4. The van der Waals surface area contributed by atoms with Crippen LogP contribution in [-0.2, 0) is 6.42 Å². The molecule has 3 aromatic carbocycles. The van der Waals surface area contributed by atoms with Gasteiger partial charge in [0.05, 0.1) is 63.2 Å². The second-order valence-electron chi connectivity index (χ2n) is 11.6. The van der Waals surface area contributed by atoms with Crippen LogP contribution < -0.4 is 0 Å². The van der Waals surface area contributed by atoms with Crippen LogP contribution in [0.25, 0.3) is 77.7 Å². The van der Waals surface area contributed by atoms with E-state index in [0.29, 0.717) is 0 Å². The van der Waals surface area contributed by atoms with Gasteiger partial charge in [-0.1, -0.05) is 48.6 Å². The van der Waals surface area contributed by atoms with Crippen molar-refractivity contribution in [1.82, 2.24) is 28.7 Å². The number of allylic oxidation sites excluding steroid dienone is 1. The maximum atomic E-state index is 4.59. The van der Waals surface area contributed by atoms with Gasteiger partial charge in [-0.3, -0.25) is 15.0 Å². The van der Waals surface area contributed by atoms with E-state index < -0.39 is 0 Å². The molecule has 6 nitrogen and oxygen atoms in total. The number of nitrogens with zero attached hydrogens (tertiary/aromatic N) is 6. The number of hydrogen-bond acceptors (Lipinski definition) is 3. The molecular weight excluding hydrogens is 552 g/mol. The summed E-state index contributed by atoms with van der Waals surface area (Å²) in [5.74, 6) is 0. The number of benzene rings is 3. The molecule has 0 atom stereocenters. The molecule has 0 N–H and O–H groups in total. The zero-order valence-corrected chi connectivity index (χ0v) is 24.3. The monoisotopic (exact) mass is 578 g/mol. The fraction of sp³-hybridized carbons (Fsp3) is 0.0513. The quantitative estimate of drug-likeness (QED) is 0.210. The molecule has 1 aliphatic carbocycles. The van der Waals surface area contributed by atoms with E-state index in [1.165, 1.54) is 54.7 Å². The van der Waals surface area contributed by atoms with Crippen LogP contribution in [-0.4, -0.2) is 28.7 Å². The van der Waals surface area contributed by atoms with Crippen LogP contribution in [0.2, 0.25) is 0 Å². The maximum Gasteiger partial charge on any atom is 0.0663 e. The third kappa shape index (κ3) is 3.25. The van der Waals surface area contributed by atoms with E-state index in [2.05, 4.69) is 108 Å². The molecule has 212 valence electrons. The lowest BCUT2D eigenvalue weighted by Crippen LogP contribution is -2.03. The van der Waals surface area contributed by atoms with Crippen LogP contribution in [0.4, 0.5) is 0 Å². The molecule has 6 aromatic heterocycles. The molecule has 1 aliphatic rings. The van der Waals surface area contributed by atoms with Crippen molar-refractivity contribution in [3.05, 3.63) is 139 Å². The Morgan fingerprint density at radius 1 is 0.489 bits per heavy atom. The fourth-order valence-electron chi connectivity index (χ4n) is 7.67. The molecule has 45 heavy (non-hydrogen) atoms. The highest BCUT2D eigenvalue weighted by molar-refractivity contribution is 6.37. The lowest BCUT2D eigenvalue weighted by molar-refractivity contribution is 0.886. The first-order valence-electron chi connectivity index (χ1n) is 15.3. The van der Waals surface area contributed by atoms with Gasteiger partial charge in [0.1, 0.15) is 0 Å². The minimum atomic E-state index is 0.951. The molecule has 6 heteroatoms. The van der Waals surface area contributed by atoms with Gasteiger partial charge < -0.3 is 13.7 Å². The summed E-state index contributed by atoms with van der Waals surface area (Å²) in [6, 6.07) is 30.1. The minimum Gasteiger partial charge on any atom is -0.311 e. The third-order valence-electron chi connectivity index (χ3n) is 9.32. The fourth-order valence-corrected chi connectivity index (χ4v) is 7.67. The van der Waals surface area contributed by atoms with Crippen molar-refractivity contribution in [2.24, 2.45) is 0 Å². The lowest BCUT2D eigenvalue weighted by atomic mass is 9.98. The number of aromatic nitrogens is 6. The van der Waals surface area contributed by atoms with Crippen LogP contribution in [0.15, 0.2) is 128 Å². The van der Waals surface area contributed by atoms with Crippen LogP contribution in [0.5, 0.6) is 0 Å². The summed E-state index contributed by atoms with van der Waals surface area (Å²) in [6.07, 6.45) is 18.1. The molecule has 0 aliphatic heterocycles. The summed E-state index contributed by atoms with van der Waals surface area (Å²) >= 11 is 0. The van der Waals surface area contributed by atoms with Gasteiger partial charge in [-0.15, -0.1) is 0 Å². The van der Waals surface area contributed by atoms with Crippen LogP contribution in [0.1, 0.15) is 17.7 Å². The number of pyridine rings is 3. The molecule has 0 fully saturated rings. The minimum absolute atomic E-state index is 0.951. The molecule has 0 radical (unpaired) electrons. The Morgan fingerprint density at radius 2 is 0.978 bits per heavy atom. The van der Waals surface area contributed by atoms with Gasteiger partial charge in [-0.25, -0.2) is 0 Å². The molecule has 6 heterocycles. The Bertz CT molecular complexity index is 2620. The summed E-state index contributed by atoms with van der Waals surface area (Å²) < 4.78 is 7.31. The summed E-state index contributed by atoms with van der Waals surface area (Å²) in [7, 11) is 0. The summed E-state index contributed by atoms with van der Waals surface area (Å²) in [5.41, 5.74) is 11.6. The number of hydrogen-bond donors (Lipinski definition) is 0. The largest absolute Gasteiger partial charge is 0.311 e. The molecule has 9 aromatic rings. The van der Waals surface area contributed by atoms with Gasteiger partial charge in [0.15, 0.2) is 0 Å². The van der Waals surface area contributed by atoms with E-state index in [1.807, 2.05) is 55.4 Å². The van der Waals surface area contributed by atoms with Crippen LogP contribution in [0, 0.1) is 0 Å². The predicted molar refractivity (Wildman–Crippen MR) is 183 cm³/mol. The van der Waals surface area contributed by atoms with E-state index in [4.69, 9.17) is 0 Å². The predicted octanol–water partition coefficient (Wildman–Crippen LogP) is 8.97. The lowest BCUT2D eigenvalue weighted by Gasteiger charge is -2.14. The van der Waals surface area contributed by atoms with Gasteiger partial charge in [-0.2, -0.15) is 0 Å². The highest BCUT2D eigenvalue weighted by Gasteiger charge is 2.30. The topological polar surface area (TPSA) is 53.5 Å². The van der Waals surface area contributed by atoms with E-state index in [1.54, 1.807) is 0 Å². The highest BCUT2D eigenvalue weighted by Crippen LogP contribution is 2.50. The molecule has 0 spiro atoms. The summed E-state index contributed by atoms with van der Waals surface area (Å²) in [6.45, 7) is 0. The van der Waals surface area contributed by atoms with Crippen molar-refractivity contribution in [2.45, 2.75) is 12.8 Å². The first-order valence-corrected chi connectivity index (χ1v) is 15.3. The standard InChI is InChI=1S/C39H26N6/c1-4-16-31-28(13-1)34-37(43(31)25-10-7-19-40-22-25)35-30-15-3-6-18-33(30)45(27-12-9-21-42-24-27)39(35)36-29-14-2-5-17-32(29)44(38(34)36)26-11-8-20-41-23-26/h1-5,7-17,19-24H,6,18H2. The van der Waals surface area contributed by atoms with Crippen molar-refractivity contribution in [3.8, 4) is 17.1 Å². The van der Waals surface area contributed by atoms with Crippen molar-refractivity contribution in [2.75, 3.05) is 0 Å². The number of fused-ring (bicyclic) bond motifs is 12. The SMILES string of the molecule is C1=Cc2c(n(-c3cccnc3)c3c2c2c(c4ccccc4n2-c2cccnc2)c2c3c3ccccc3n2-c2cccnc2)CC1. The van der Waals surface area contributed by atoms with Crippen LogP contribution >= 0.6 is 0 Å². The van der Waals surface area contributed by atoms with Crippen molar-refractivity contribution in [1.29, 1.82) is 0 Å². The first kappa shape index (κ1) is 24.4. The Kier molecular flexibility index (Phi) is 5.02. The molecule has 0 saturated heterocycles. The third-order valence-corrected chi connectivity index (χ3v) is 9.32. The van der Waals surface area contributed by atoms with Crippen molar-refractivity contribution < 1.29 is 0 Å². The Labute approximate surface area is 258 Å². The molecular formula is C39H26N6. The van der Waals surface area contributed by atoms with Gasteiger partial charge in [0.25, 0.3) is 0 Å². The van der Waals surface area contributed by atoms with E-state index in [-0.39, 0.29) is 0 Å². The molecule has 0 amide bonds. The second kappa shape index (κ2) is 9.24. The zero-order chi connectivity index (χ0) is 29.5. The Hall–Kier alpha value is -6.01. The zero-order valence-electron chi connectivity index (χ0n) is 24.3. The molecule has 0 unspecified atom stereocenters. The van der Waals surface area contributed by atoms with Gasteiger partial charge in [-0.05, 0) is 61.4 Å². The molecule has 0 saturated carbocycles. The van der Waals surface area contributed by atoms with E-state index in [0.717, 1.165) is 40.9 Å². The molecule has 10 rings (SSSR count). The smallest absolute Gasteiger partial charge is 0.0663 e. The molecule has 0 bridgehead atoms. The number of para-hydroxylation sites is 2. The van der Waals surface area contributed by atoms with E-state index in [9.17, 15) is 0 Å². The van der Waals surface area contributed by atoms with Crippen molar-refractivity contribution in [3.63, 3.8) is 0 Å². The van der Waals surface area contributed by atoms with Gasteiger partial charge >= 0.3 is 0 Å². The number of rotatable bonds is 3. The summed E-state index contributed by atoms with van der Waals surface area (Å²) in [5, 5.41) is 6.13. The average Bonchev–Trinajstić information content (AvgIpc) is 3.75. The van der Waals surface area contributed by atoms with Gasteiger partial charge in [0.2, 0.25) is 0 Å². The second-order valence-corrected chi connectivity index (χ2v) is 11.6. The Morgan fingerprint density at radius 3 is 1.51 bits per heavy atom. The van der Waals surface area contributed by atoms with E-state index >= 15 is 0 Å². The van der Waals surface area contributed by atoms with Crippen LogP contribution in [0.3, 0.4) is 0 Å². The summed E-state index contributed by atoms with van der Waals surface area (Å²) in [4.78, 5) is 13.7. The van der Waals surface area contributed by atoms with Crippen molar-refractivity contribution >= 4 is 60.6 Å². The van der Waals surface area contributed by atoms with Gasteiger partial charge in [0, 0.05) is 56.8 Å². The normalized spacial score (nSPS) is 13.1. The average molecular weight is 579 g/mol. The highest BCUT2D eigenvalue weighted by atomic mass is 15.1. The Balaban J connectivity index is 1.61.